The standard InChI is InChI=1S/C22H36.2CH4/c1-4-18(2)10-6-5-7-11-19(3)20-14-16-22(17-15-20)21-12-8-9-13-21;;/h4,6,10,20-22H,3,5,7-9,11-17H2,1-2H3;2*1H4/b10-6-,18-4-;;. The van der Waals surface area contributed by atoms with Gasteiger partial charge >= 0.3 is 0 Å². The molecule has 2 fully saturated rings. The van der Waals surface area contributed by atoms with Crippen molar-refractivity contribution in [1.82, 2.24) is 0 Å². The van der Waals surface area contributed by atoms with E-state index in [9.17, 15) is 0 Å². The van der Waals surface area contributed by atoms with Gasteiger partial charge in [0.2, 0.25) is 0 Å². The molecule has 0 saturated heterocycles. The average molecular weight is 333 g/mol. The predicted octanol–water partition coefficient (Wildman–Crippen LogP) is 8.50. The van der Waals surface area contributed by atoms with Gasteiger partial charge in [-0.3, -0.25) is 0 Å². The molecule has 0 aromatic carbocycles. The van der Waals surface area contributed by atoms with E-state index in [0.717, 1.165) is 17.8 Å². The van der Waals surface area contributed by atoms with Crippen LogP contribution in [-0.2, 0) is 0 Å². The highest BCUT2D eigenvalue weighted by Gasteiger charge is 2.29. The highest BCUT2D eigenvalue weighted by Crippen LogP contribution is 2.42. The minimum absolute atomic E-state index is 0. The van der Waals surface area contributed by atoms with Crippen LogP contribution in [0.5, 0.6) is 0 Å². The van der Waals surface area contributed by atoms with Gasteiger partial charge in [0.1, 0.15) is 0 Å². The first-order chi connectivity index (χ1) is 10.7. The molecule has 0 unspecified atom stereocenters. The molecule has 2 rings (SSSR count). The first kappa shape index (κ1) is 23.2. The molecule has 0 nitrogen and oxygen atoms in total. The van der Waals surface area contributed by atoms with E-state index >= 15 is 0 Å². The van der Waals surface area contributed by atoms with E-state index in [1.807, 2.05) is 0 Å². The molecule has 0 spiro atoms. The topological polar surface area (TPSA) is 0 Å². The molecular weight excluding hydrogens is 288 g/mol. The van der Waals surface area contributed by atoms with Crippen LogP contribution in [0.25, 0.3) is 0 Å². The minimum atomic E-state index is 0. The van der Waals surface area contributed by atoms with Crippen LogP contribution in [0.4, 0.5) is 0 Å². The van der Waals surface area contributed by atoms with E-state index in [4.69, 9.17) is 0 Å². The summed E-state index contributed by atoms with van der Waals surface area (Å²) in [6.45, 7) is 8.68. The maximum absolute atomic E-state index is 4.41. The molecule has 0 amide bonds. The summed E-state index contributed by atoms with van der Waals surface area (Å²) in [5, 5.41) is 0. The SMILES string of the molecule is C.C.C=C(CCC/C=C\C(C)=C/C)C1CCC(C2CCCC2)CC1. The Hall–Kier alpha value is -0.780. The molecule has 2 aliphatic rings. The third-order valence-corrected chi connectivity index (χ3v) is 6.12. The van der Waals surface area contributed by atoms with Crippen molar-refractivity contribution in [3.05, 3.63) is 36.0 Å². The second-order valence-electron chi connectivity index (χ2n) is 7.64. The molecule has 0 radical (unpaired) electrons. The summed E-state index contributed by atoms with van der Waals surface area (Å²) in [7, 11) is 0. The van der Waals surface area contributed by atoms with Crippen LogP contribution in [0, 0.1) is 17.8 Å². The lowest BCUT2D eigenvalue weighted by atomic mass is 9.73. The van der Waals surface area contributed by atoms with Gasteiger partial charge in [0.05, 0.1) is 0 Å². The Labute approximate surface area is 153 Å². The molecule has 0 aromatic heterocycles. The summed E-state index contributed by atoms with van der Waals surface area (Å²) in [6, 6.07) is 0. The summed E-state index contributed by atoms with van der Waals surface area (Å²) >= 11 is 0. The lowest BCUT2D eigenvalue weighted by Crippen LogP contribution is -2.21. The second kappa shape index (κ2) is 12.6. The van der Waals surface area contributed by atoms with Crippen LogP contribution in [0.3, 0.4) is 0 Å². The lowest BCUT2D eigenvalue weighted by Gasteiger charge is -2.33. The van der Waals surface area contributed by atoms with E-state index in [0.29, 0.717) is 0 Å². The smallest absolute Gasteiger partial charge is 0.0206 e. The Bertz CT molecular complexity index is 384. The van der Waals surface area contributed by atoms with E-state index in [2.05, 4.69) is 38.7 Å². The van der Waals surface area contributed by atoms with E-state index in [1.54, 1.807) is 5.57 Å². The fourth-order valence-electron chi connectivity index (χ4n) is 4.44. The summed E-state index contributed by atoms with van der Waals surface area (Å²) < 4.78 is 0. The number of hydrogen-bond donors (Lipinski definition) is 0. The summed E-state index contributed by atoms with van der Waals surface area (Å²) in [4.78, 5) is 0. The fourth-order valence-corrected chi connectivity index (χ4v) is 4.44. The van der Waals surface area contributed by atoms with Gasteiger partial charge in [0.15, 0.2) is 0 Å². The quantitative estimate of drug-likeness (QED) is 0.249. The van der Waals surface area contributed by atoms with Gasteiger partial charge in [-0.2, -0.15) is 0 Å². The molecule has 0 heterocycles. The van der Waals surface area contributed by atoms with Crippen molar-refractivity contribution in [2.45, 2.75) is 99.3 Å². The monoisotopic (exact) mass is 332 g/mol. The zero-order valence-electron chi connectivity index (χ0n) is 14.9. The largest absolute Gasteiger partial charge is 0.0996 e. The van der Waals surface area contributed by atoms with Crippen LogP contribution >= 0.6 is 0 Å². The van der Waals surface area contributed by atoms with Crippen LogP contribution in [-0.4, -0.2) is 0 Å². The van der Waals surface area contributed by atoms with Crippen molar-refractivity contribution < 1.29 is 0 Å². The molecule has 2 saturated carbocycles. The maximum Gasteiger partial charge on any atom is -0.0206 e. The van der Waals surface area contributed by atoms with Crippen LogP contribution in [0.2, 0.25) is 0 Å². The third kappa shape index (κ3) is 7.41. The first-order valence-corrected chi connectivity index (χ1v) is 9.67. The van der Waals surface area contributed by atoms with E-state index in [-0.39, 0.29) is 14.9 Å². The highest BCUT2D eigenvalue weighted by atomic mass is 14.3. The predicted molar refractivity (Wildman–Crippen MR) is 112 cm³/mol. The Morgan fingerprint density at radius 1 is 0.958 bits per heavy atom. The van der Waals surface area contributed by atoms with Crippen LogP contribution < -0.4 is 0 Å². The Kier molecular flexibility index (Phi) is 12.2. The normalized spacial score (nSPS) is 25.3. The average Bonchev–Trinajstić information content (AvgIpc) is 3.08. The summed E-state index contributed by atoms with van der Waals surface area (Å²) in [6.07, 6.45) is 22.3. The van der Waals surface area contributed by atoms with E-state index in [1.165, 1.54) is 76.2 Å². The zero-order valence-corrected chi connectivity index (χ0v) is 14.9. The van der Waals surface area contributed by atoms with Gasteiger partial charge in [-0.25, -0.2) is 0 Å². The second-order valence-corrected chi connectivity index (χ2v) is 7.64. The molecule has 0 atom stereocenters. The number of allylic oxidation sites excluding steroid dienone is 5. The lowest BCUT2D eigenvalue weighted by molar-refractivity contribution is 0.219. The Balaban J connectivity index is 0.00000264. The van der Waals surface area contributed by atoms with Gasteiger partial charge in [0.25, 0.3) is 0 Å². The third-order valence-electron chi connectivity index (χ3n) is 6.12. The fraction of sp³-hybridized carbons (Fsp3) is 0.750. The summed E-state index contributed by atoms with van der Waals surface area (Å²) in [5.74, 6) is 2.96. The van der Waals surface area contributed by atoms with Crippen molar-refractivity contribution in [2.75, 3.05) is 0 Å². The van der Waals surface area contributed by atoms with Crippen molar-refractivity contribution >= 4 is 0 Å². The molecule has 140 valence electrons. The van der Waals surface area contributed by atoms with Crippen molar-refractivity contribution in [1.29, 1.82) is 0 Å². The molecule has 2 aliphatic carbocycles. The molecule has 0 heteroatoms. The van der Waals surface area contributed by atoms with Gasteiger partial charge in [-0.15, -0.1) is 0 Å². The molecule has 0 N–H and O–H groups in total. The van der Waals surface area contributed by atoms with Gasteiger partial charge in [-0.05, 0) is 76.5 Å². The minimum Gasteiger partial charge on any atom is -0.0996 e. The van der Waals surface area contributed by atoms with Crippen molar-refractivity contribution in [2.24, 2.45) is 17.8 Å². The van der Waals surface area contributed by atoms with Crippen molar-refractivity contribution in [3.8, 4) is 0 Å². The molecular formula is C24H44. The highest BCUT2D eigenvalue weighted by molar-refractivity contribution is 5.14. The van der Waals surface area contributed by atoms with Crippen LogP contribution in [0.1, 0.15) is 99.3 Å². The van der Waals surface area contributed by atoms with E-state index < -0.39 is 0 Å². The zero-order chi connectivity index (χ0) is 15.8. The molecule has 0 bridgehead atoms. The van der Waals surface area contributed by atoms with Crippen molar-refractivity contribution in [3.63, 3.8) is 0 Å². The Morgan fingerprint density at radius 3 is 2.12 bits per heavy atom. The molecule has 0 aromatic rings. The number of unbranched alkanes of at least 4 members (excludes halogenated alkanes) is 1. The summed E-state index contributed by atoms with van der Waals surface area (Å²) in [5.41, 5.74) is 2.91. The van der Waals surface area contributed by atoms with Gasteiger partial charge in [0, 0.05) is 0 Å². The van der Waals surface area contributed by atoms with Gasteiger partial charge < -0.3 is 0 Å². The number of rotatable bonds is 7. The van der Waals surface area contributed by atoms with Gasteiger partial charge in [-0.1, -0.05) is 76.5 Å². The van der Waals surface area contributed by atoms with Crippen LogP contribution in [0.15, 0.2) is 36.0 Å². The number of hydrogen-bond acceptors (Lipinski definition) is 0. The molecule has 24 heavy (non-hydrogen) atoms. The molecule has 0 aliphatic heterocycles. The first-order valence-electron chi connectivity index (χ1n) is 9.67. The Morgan fingerprint density at radius 2 is 1.54 bits per heavy atom. The maximum atomic E-state index is 4.41.